The number of anilines is 2. The Morgan fingerprint density at radius 3 is 2.36 bits per heavy atom. The van der Waals surface area contributed by atoms with Crippen LogP contribution >= 0.6 is 0 Å². The van der Waals surface area contributed by atoms with E-state index in [2.05, 4.69) is 10.6 Å². The molecule has 0 aliphatic rings. The summed E-state index contributed by atoms with van der Waals surface area (Å²) in [6.45, 7) is 0. The third-order valence-corrected chi connectivity index (χ3v) is 3.60. The van der Waals surface area contributed by atoms with E-state index in [1.54, 1.807) is 0 Å². The zero-order valence-corrected chi connectivity index (χ0v) is 13.2. The Labute approximate surface area is 144 Å². The third kappa shape index (κ3) is 4.01. The van der Waals surface area contributed by atoms with E-state index in [1.165, 1.54) is 30.5 Å². The lowest BCUT2D eigenvalue weighted by Gasteiger charge is -2.06. The normalized spacial score (nSPS) is 11.0. The van der Waals surface area contributed by atoms with Gasteiger partial charge in [-0.25, -0.2) is 4.39 Å². The highest BCUT2D eigenvalue weighted by Crippen LogP contribution is 2.19. The third-order valence-electron chi connectivity index (χ3n) is 3.60. The summed E-state index contributed by atoms with van der Waals surface area (Å²) < 4.78 is 12.9. The summed E-state index contributed by atoms with van der Waals surface area (Å²) in [6, 6.07) is 20.8. The van der Waals surface area contributed by atoms with Gasteiger partial charge in [-0.2, -0.15) is 5.26 Å². The number of hydrogen-bond donors (Lipinski definition) is 2. The van der Waals surface area contributed by atoms with Gasteiger partial charge in [0.1, 0.15) is 17.5 Å². The highest BCUT2D eigenvalue weighted by molar-refractivity contribution is 6.06. The van der Waals surface area contributed by atoms with Crippen molar-refractivity contribution in [2.24, 2.45) is 0 Å². The molecule has 1 amide bonds. The zero-order chi connectivity index (χ0) is 17.6. The van der Waals surface area contributed by atoms with Crippen molar-refractivity contribution in [3.63, 3.8) is 0 Å². The molecule has 0 spiro atoms. The summed E-state index contributed by atoms with van der Waals surface area (Å²) in [7, 11) is 0. The molecule has 3 aromatic carbocycles. The first-order chi connectivity index (χ1) is 12.2. The van der Waals surface area contributed by atoms with Gasteiger partial charge in [0.15, 0.2) is 0 Å². The van der Waals surface area contributed by atoms with Crippen LogP contribution in [-0.2, 0) is 4.79 Å². The molecule has 0 saturated carbocycles. The number of nitriles is 1. The van der Waals surface area contributed by atoms with Crippen molar-refractivity contribution >= 4 is 28.1 Å². The molecule has 0 bridgehead atoms. The Balaban J connectivity index is 1.73. The van der Waals surface area contributed by atoms with Crippen molar-refractivity contribution in [1.29, 1.82) is 5.26 Å². The molecule has 0 heterocycles. The minimum atomic E-state index is -0.567. The second-order valence-electron chi connectivity index (χ2n) is 5.34. The first-order valence-corrected chi connectivity index (χ1v) is 7.58. The second-order valence-corrected chi connectivity index (χ2v) is 5.34. The van der Waals surface area contributed by atoms with Gasteiger partial charge in [-0.1, -0.05) is 30.3 Å². The molecule has 0 atom stereocenters. The van der Waals surface area contributed by atoms with E-state index < -0.39 is 11.7 Å². The van der Waals surface area contributed by atoms with Crippen molar-refractivity contribution in [3.05, 3.63) is 84.3 Å². The number of nitrogens with zero attached hydrogens (tertiary/aromatic N) is 1. The predicted octanol–water partition coefficient (Wildman–Crippen LogP) is 4.44. The zero-order valence-electron chi connectivity index (χ0n) is 13.2. The van der Waals surface area contributed by atoms with Gasteiger partial charge in [-0.15, -0.1) is 0 Å². The number of fused-ring (bicyclic) bond motifs is 1. The number of carbonyl (C=O) groups excluding carboxylic acids is 1. The Morgan fingerprint density at radius 2 is 1.64 bits per heavy atom. The van der Waals surface area contributed by atoms with Crippen LogP contribution < -0.4 is 10.6 Å². The number of nitrogens with one attached hydrogen (secondary N) is 2. The molecule has 0 radical (unpaired) electrons. The van der Waals surface area contributed by atoms with Gasteiger partial charge < -0.3 is 10.6 Å². The molecule has 2 N–H and O–H groups in total. The number of benzene rings is 3. The second kappa shape index (κ2) is 7.28. The maximum absolute atomic E-state index is 12.9. The monoisotopic (exact) mass is 331 g/mol. The van der Waals surface area contributed by atoms with Gasteiger partial charge >= 0.3 is 0 Å². The Hall–Kier alpha value is -3.65. The van der Waals surface area contributed by atoms with Crippen LogP contribution in [0.25, 0.3) is 10.8 Å². The van der Waals surface area contributed by atoms with E-state index >= 15 is 0 Å². The van der Waals surface area contributed by atoms with Gasteiger partial charge in [0, 0.05) is 17.6 Å². The number of carbonyl (C=O) groups is 1. The fraction of sp³-hybridized carbons (Fsp3) is 0. The molecular formula is C20H14FN3O. The molecule has 3 rings (SSSR count). The lowest BCUT2D eigenvalue weighted by molar-refractivity contribution is -0.112. The maximum Gasteiger partial charge on any atom is 0.267 e. The fourth-order valence-corrected chi connectivity index (χ4v) is 2.31. The number of rotatable bonds is 4. The van der Waals surface area contributed by atoms with Crippen molar-refractivity contribution < 1.29 is 9.18 Å². The molecule has 122 valence electrons. The average Bonchev–Trinajstić information content (AvgIpc) is 2.64. The van der Waals surface area contributed by atoms with Gasteiger partial charge in [0.25, 0.3) is 5.91 Å². The van der Waals surface area contributed by atoms with Gasteiger partial charge in [-0.05, 0) is 47.2 Å². The summed E-state index contributed by atoms with van der Waals surface area (Å²) >= 11 is 0. The molecule has 0 fully saturated rings. The summed E-state index contributed by atoms with van der Waals surface area (Å²) in [5, 5.41) is 16.9. The quantitative estimate of drug-likeness (QED) is 0.549. The largest absolute Gasteiger partial charge is 0.360 e. The molecule has 0 aliphatic carbocycles. The molecule has 25 heavy (non-hydrogen) atoms. The highest BCUT2D eigenvalue weighted by atomic mass is 19.1. The topological polar surface area (TPSA) is 64.9 Å². The maximum atomic E-state index is 12.9. The number of amides is 1. The predicted molar refractivity (Wildman–Crippen MR) is 96.3 cm³/mol. The van der Waals surface area contributed by atoms with Crippen LogP contribution in [0.4, 0.5) is 15.8 Å². The lowest BCUT2D eigenvalue weighted by atomic mass is 10.1. The fourth-order valence-electron chi connectivity index (χ4n) is 2.31. The Bertz CT molecular complexity index is 988. The van der Waals surface area contributed by atoms with Crippen LogP contribution in [0.1, 0.15) is 0 Å². The standard InChI is InChI=1S/C20H14FN3O/c21-17-6-9-18(10-7-17)24-20(25)16(12-22)13-23-19-8-5-14-3-1-2-4-15(14)11-19/h1-11,13,23H,(H,24,25)/b16-13-. The summed E-state index contributed by atoms with van der Waals surface area (Å²) in [5.41, 5.74) is 1.09. The number of hydrogen-bond acceptors (Lipinski definition) is 3. The average molecular weight is 331 g/mol. The Kier molecular flexibility index (Phi) is 4.72. The van der Waals surface area contributed by atoms with Crippen molar-refractivity contribution in [1.82, 2.24) is 0 Å². The lowest BCUT2D eigenvalue weighted by Crippen LogP contribution is -2.14. The minimum absolute atomic E-state index is 0.0857. The molecular weight excluding hydrogens is 317 g/mol. The minimum Gasteiger partial charge on any atom is -0.360 e. The SMILES string of the molecule is N#C/C(=C/Nc1ccc2ccccc2c1)C(=O)Nc1ccc(F)cc1. The number of halogens is 1. The van der Waals surface area contributed by atoms with E-state index in [0.717, 1.165) is 16.5 Å². The van der Waals surface area contributed by atoms with Crippen LogP contribution in [0.15, 0.2) is 78.5 Å². The summed E-state index contributed by atoms with van der Waals surface area (Å²) in [5.74, 6) is -0.964. The van der Waals surface area contributed by atoms with Crippen LogP contribution in [0.3, 0.4) is 0 Å². The van der Waals surface area contributed by atoms with Crippen LogP contribution in [0, 0.1) is 17.1 Å². The van der Waals surface area contributed by atoms with Crippen LogP contribution in [0.5, 0.6) is 0 Å². The Morgan fingerprint density at radius 1 is 0.960 bits per heavy atom. The van der Waals surface area contributed by atoms with Gasteiger partial charge in [-0.3, -0.25) is 4.79 Å². The molecule has 3 aromatic rings. The van der Waals surface area contributed by atoms with E-state index in [-0.39, 0.29) is 5.57 Å². The van der Waals surface area contributed by atoms with E-state index in [4.69, 9.17) is 0 Å². The van der Waals surface area contributed by atoms with Crippen molar-refractivity contribution in [3.8, 4) is 6.07 Å². The highest BCUT2D eigenvalue weighted by Gasteiger charge is 2.09. The van der Waals surface area contributed by atoms with Gasteiger partial charge in [0.05, 0.1) is 0 Å². The first kappa shape index (κ1) is 16.2. The molecule has 4 nitrogen and oxygen atoms in total. The molecule has 0 unspecified atom stereocenters. The van der Waals surface area contributed by atoms with Crippen LogP contribution in [-0.4, -0.2) is 5.91 Å². The molecule has 0 saturated heterocycles. The molecule has 0 aliphatic heterocycles. The molecule has 5 heteroatoms. The smallest absolute Gasteiger partial charge is 0.267 e. The molecule has 0 aromatic heterocycles. The van der Waals surface area contributed by atoms with E-state index in [9.17, 15) is 14.4 Å². The first-order valence-electron chi connectivity index (χ1n) is 7.58. The van der Waals surface area contributed by atoms with Crippen LogP contribution in [0.2, 0.25) is 0 Å². The summed E-state index contributed by atoms with van der Waals surface area (Å²) in [6.07, 6.45) is 1.35. The summed E-state index contributed by atoms with van der Waals surface area (Å²) in [4.78, 5) is 12.1. The van der Waals surface area contributed by atoms with Crippen molar-refractivity contribution in [2.45, 2.75) is 0 Å². The van der Waals surface area contributed by atoms with E-state index in [1.807, 2.05) is 48.5 Å². The van der Waals surface area contributed by atoms with E-state index in [0.29, 0.717) is 5.69 Å². The van der Waals surface area contributed by atoms with Gasteiger partial charge in [0.2, 0.25) is 0 Å². The van der Waals surface area contributed by atoms with Crippen molar-refractivity contribution in [2.75, 3.05) is 10.6 Å².